The highest BCUT2D eigenvalue weighted by Gasteiger charge is 2.12. The van der Waals surface area contributed by atoms with Crippen molar-refractivity contribution in [3.05, 3.63) is 93.5 Å². The van der Waals surface area contributed by atoms with Gasteiger partial charge >= 0.3 is 0 Å². The standard InChI is InChI=1S/C21H16Cl2N2O2/c1-13-18(24-20(26)14-5-9-16(22)10-6-14)3-2-4-19(13)25-21(27)15-7-11-17(23)12-8-15/h2-12H,1H3,(H,24,26)(H,25,27). The normalized spacial score (nSPS) is 10.3. The lowest BCUT2D eigenvalue weighted by atomic mass is 10.1. The Bertz CT molecular complexity index is 906. The van der Waals surface area contributed by atoms with Crippen LogP contribution < -0.4 is 10.6 Å². The van der Waals surface area contributed by atoms with Gasteiger partial charge < -0.3 is 10.6 Å². The molecule has 0 aliphatic rings. The second-order valence-corrected chi connectivity index (χ2v) is 6.77. The number of halogens is 2. The van der Waals surface area contributed by atoms with Crippen LogP contribution >= 0.6 is 23.2 Å². The first-order chi connectivity index (χ1) is 12.9. The third kappa shape index (κ3) is 4.67. The molecule has 2 N–H and O–H groups in total. The lowest BCUT2D eigenvalue weighted by molar-refractivity contribution is 0.101. The number of amides is 2. The van der Waals surface area contributed by atoms with Crippen molar-refractivity contribution >= 4 is 46.4 Å². The Morgan fingerprint density at radius 3 is 1.41 bits per heavy atom. The predicted octanol–water partition coefficient (Wildman–Crippen LogP) is 5.81. The second kappa shape index (κ2) is 8.25. The minimum Gasteiger partial charge on any atom is -0.322 e. The first kappa shape index (κ1) is 19.0. The lowest BCUT2D eigenvalue weighted by Crippen LogP contribution is -2.15. The molecule has 0 saturated carbocycles. The Morgan fingerprint density at radius 1 is 0.667 bits per heavy atom. The summed E-state index contributed by atoms with van der Waals surface area (Å²) in [6.07, 6.45) is 0. The highest BCUT2D eigenvalue weighted by Crippen LogP contribution is 2.25. The molecular formula is C21H16Cl2N2O2. The van der Waals surface area contributed by atoms with Gasteiger partial charge in [0.1, 0.15) is 0 Å². The third-order valence-corrected chi connectivity index (χ3v) is 4.55. The fourth-order valence-electron chi connectivity index (χ4n) is 2.50. The highest BCUT2D eigenvalue weighted by molar-refractivity contribution is 6.31. The molecule has 0 aromatic heterocycles. The highest BCUT2D eigenvalue weighted by atomic mass is 35.5. The van der Waals surface area contributed by atoms with Crippen LogP contribution in [0, 0.1) is 6.92 Å². The zero-order chi connectivity index (χ0) is 19.4. The minimum absolute atomic E-state index is 0.254. The topological polar surface area (TPSA) is 58.2 Å². The van der Waals surface area contributed by atoms with E-state index in [1.54, 1.807) is 66.7 Å². The van der Waals surface area contributed by atoms with Gasteiger partial charge in [-0.25, -0.2) is 0 Å². The first-order valence-corrected chi connectivity index (χ1v) is 8.93. The smallest absolute Gasteiger partial charge is 0.255 e. The molecule has 0 aliphatic heterocycles. The van der Waals surface area contributed by atoms with Crippen LogP contribution in [-0.2, 0) is 0 Å². The van der Waals surface area contributed by atoms with Crippen molar-refractivity contribution in [2.24, 2.45) is 0 Å². The molecule has 3 rings (SSSR count). The van der Waals surface area contributed by atoms with E-state index in [1.165, 1.54) is 0 Å². The molecule has 6 heteroatoms. The molecule has 0 unspecified atom stereocenters. The van der Waals surface area contributed by atoms with Crippen molar-refractivity contribution < 1.29 is 9.59 Å². The maximum Gasteiger partial charge on any atom is 0.255 e. The quantitative estimate of drug-likeness (QED) is 0.582. The van der Waals surface area contributed by atoms with E-state index in [1.807, 2.05) is 6.92 Å². The lowest BCUT2D eigenvalue weighted by Gasteiger charge is -2.14. The summed E-state index contributed by atoms with van der Waals surface area (Å²) in [5.74, 6) is -0.508. The monoisotopic (exact) mass is 398 g/mol. The fraction of sp³-hybridized carbons (Fsp3) is 0.0476. The van der Waals surface area contributed by atoms with E-state index in [0.717, 1.165) is 5.56 Å². The van der Waals surface area contributed by atoms with Crippen molar-refractivity contribution in [2.75, 3.05) is 10.6 Å². The number of benzene rings is 3. The molecule has 0 bridgehead atoms. The Morgan fingerprint density at radius 2 is 1.04 bits per heavy atom. The Labute approximate surface area is 167 Å². The maximum atomic E-state index is 12.4. The first-order valence-electron chi connectivity index (χ1n) is 8.17. The summed E-state index contributed by atoms with van der Waals surface area (Å²) in [6.45, 7) is 1.83. The molecule has 3 aromatic carbocycles. The maximum absolute atomic E-state index is 12.4. The second-order valence-electron chi connectivity index (χ2n) is 5.90. The number of anilines is 2. The van der Waals surface area contributed by atoms with Crippen LogP contribution in [0.25, 0.3) is 0 Å². The van der Waals surface area contributed by atoms with Gasteiger partial charge in [0.05, 0.1) is 0 Å². The summed E-state index contributed by atoms with van der Waals surface area (Å²) in [6, 6.07) is 18.6. The van der Waals surface area contributed by atoms with Gasteiger partial charge in [-0.05, 0) is 73.2 Å². The van der Waals surface area contributed by atoms with Crippen LogP contribution in [0.15, 0.2) is 66.7 Å². The summed E-state index contributed by atoms with van der Waals surface area (Å²) in [5.41, 5.74) is 2.97. The van der Waals surface area contributed by atoms with Crippen molar-refractivity contribution in [3.8, 4) is 0 Å². The van der Waals surface area contributed by atoms with Gasteiger partial charge in [0.15, 0.2) is 0 Å². The molecule has 0 fully saturated rings. The summed E-state index contributed by atoms with van der Waals surface area (Å²) < 4.78 is 0. The molecule has 0 radical (unpaired) electrons. The zero-order valence-corrected chi connectivity index (χ0v) is 15.9. The molecule has 27 heavy (non-hydrogen) atoms. The average molecular weight is 399 g/mol. The predicted molar refractivity (Wildman–Crippen MR) is 110 cm³/mol. The molecule has 4 nitrogen and oxygen atoms in total. The SMILES string of the molecule is Cc1c(NC(=O)c2ccc(Cl)cc2)cccc1NC(=O)c1ccc(Cl)cc1. The van der Waals surface area contributed by atoms with Gasteiger partial charge in [-0.3, -0.25) is 9.59 Å². The molecule has 0 aliphatic carbocycles. The molecule has 0 heterocycles. The van der Waals surface area contributed by atoms with Crippen LogP contribution in [-0.4, -0.2) is 11.8 Å². The minimum atomic E-state index is -0.254. The van der Waals surface area contributed by atoms with Crippen molar-refractivity contribution in [1.82, 2.24) is 0 Å². The van der Waals surface area contributed by atoms with E-state index in [2.05, 4.69) is 10.6 Å². The van der Waals surface area contributed by atoms with Crippen molar-refractivity contribution in [2.45, 2.75) is 6.92 Å². The average Bonchev–Trinajstić information content (AvgIpc) is 2.66. The Kier molecular flexibility index (Phi) is 5.79. The molecule has 0 saturated heterocycles. The van der Waals surface area contributed by atoms with E-state index in [0.29, 0.717) is 32.5 Å². The molecule has 3 aromatic rings. The van der Waals surface area contributed by atoms with E-state index in [4.69, 9.17) is 23.2 Å². The number of carbonyl (C=O) groups is 2. The number of nitrogens with one attached hydrogen (secondary N) is 2. The summed E-state index contributed by atoms with van der Waals surface area (Å²) in [5, 5.41) is 6.84. The van der Waals surface area contributed by atoms with E-state index >= 15 is 0 Å². The number of hydrogen-bond donors (Lipinski definition) is 2. The van der Waals surface area contributed by atoms with Crippen LogP contribution in [0.2, 0.25) is 10.0 Å². The van der Waals surface area contributed by atoms with Crippen LogP contribution in [0.4, 0.5) is 11.4 Å². The molecule has 136 valence electrons. The molecule has 0 atom stereocenters. The molecule has 2 amide bonds. The number of hydrogen-bond acceptors (Lipinski definition) is 2. The Hall–Kier alpha value is -2.82. The summed E-state index contributed by atoms with van der Waals surface area (Å²) in [7, 11) is 0. The van der Waals surface area contributed by atoms with Gasteiger partial charge in [0.2, 0.25) is 0 Å². The van der Waals surface area contributed by atoms with Gasteiger partial charge in [0.25, 0.3) is 11.8 Å². The number of rotatable bonds is 4. The van der Waals surface area contributed by atoms with E-state index in [-0.39, 0.29) is 11.8 Å². The summed E-state index contributed by atoms with van der Waals surface area (Å²) >= 11 is 11.7. The van der Waals surface area contributed by atoms with Gasteiger partial charge in [-0.1, -0.05) is 29.3 Å². The van der Waals surface area contributed by atoms with Gasteiger partial charge in [-0.2, -0.15) is 0 Å². The molecule has 0 spiro atoms. The largest absolute Gasteiger partial charge is 0.322 e. The van der Waals surface area contributed by atoms with Gasteiger partial charge in [0, 0.05) is 32.5 Å². The Balaban J connectivity index is 1.77. The van der Waals surface area contributed by atoms with Crippen LogP contribution in [0.1, 0.15) is 26.3 Å². The third-order valence-electron chi connectivity index (χ3n) is 4.04. The van der Waals surface area contributed by atoms with Gasteiger partial charge in [-0.15, -0.1) is 0 Å². The van der Waals surface area contributed by atoms with Crippen molar-refractivity contribution in [3.63, 3.8) is 0 Å². The molecular weight excluding hydrogens is 383 g/mol. The van der Waals surface area contributed by atoms with Crippen molar-refractivity contribution in [1.29, 1.82) is 0 Å². The van der Waals surface area contributed by atoms with E-state index < -0.39 is 0 Å². The van der Waals surface area contributed by atoms with Crippen LogP contribution in [0.3, 0.4) is 0 Å². The summed E-state index contributed by atoms with van der Waals surface area (Å²) in [4.78, 5) is 24.8. The van der Waals surface area contributed by atoms with Crippen LogP contribution in [0.5, 0.6) is 0 Å². The zero-order valence-electron chi connectivity index (χ0n) is 14.4. The number of carbonyl (C=O) groups excluding carboxylic acids is 2. The van der Waals surface area contributed by atoms with E-state index in [9.17, 15) is 9.59 Å². The fourth-order valence-corrected chi connectivity index (χ4v) is 2.75.